The zero-order chi connectivity index (χ0) is 17.1. The van der Waals surface area contributed by atoms with E-state index in [1.165, 1.54) is 15.5 Å². The summed E-state index contributed by atoms with van der Waals surface area (Å²) in [4.78, 5) is 13.6. The van der Waals surface area contributed by atoms with Crippen LogP contribution in [-0.2, 0) is 32.7 Å². The molecule has 0 spiro atoms. The van der Waals surface area contributed by atoms with Gasteiger partial charge in [-0.25, -0.2) is 0 Å². The number of nitrogens with zero attached hydrogens (tertiary/aromatic N) is 3. The van der Waals surface area contributed by atoms with E-state index in [0.29, 0.717) is 18.0 Å². The Hall–Kier alpha value is 0.254. The molecule has 1 radical (unpaired) electrons. The van der Waals surface area contributed by atoms with Gasteiger partial charge in [0.25, 0.3) is 0 Å². The zero-order valence-corrected chi connectivity index (χ0v) is 20.3. The van der Waals surface area contributed by atoms with Gasteiger partial charge in [0.1, 0.15) is 10.1 Å². The maximum absolute atomic E-state index is 4.58. The SMILES string of the molecule is CC(C)C1=N[C@@H](C)CS1.C[C@H]1CSC(c2nc3cc[c-]cc3s2)=N1.[Y]. The molecule has 0 fully saturated rings. The molecule has 2 aliphatic heterocycles. The summed E-state index contributed by atoms with van der Waals surface area (Å²) in [6.45, 7) is 8.71. The Morgan fingerprint density at radius 2 is 1.84 bits per heavy atom. The van der Waals surface area contributed by atoms with Gasteiger partial charge in [0.15, 0.2) is 0 Å². The summed E-state index contributed by atoms with van der Waals surface area (Å²) in [6, 6.07) is 9.95. The Morgan fingerprint density at radius 1 is 1.12 bits per heavy atom. The fraction of sp³-hybridized carbons (Fsp3) is 0.500. The Bertz CT molecular complexity index is 737. The Kier molecular flexibility index (Phi) is 8.60. The predicted molar refractivity (Wildman–Crippen MR) is 111 cm³/mol. The van der Waals surface area contributed by atoms with Crippen molar-refractivity contribution in [1.29, 1.82) is 0 Å². The molecule has 7 heteroatoms. The molecule has 0 saturated carbocycles. The van der Waals surface area contributed by atoms with Crippen LogP contribution in [0, 0.1) is 12.0 Å². The minimum Gasteiger partial charge on any atom is -0.279 e. The van der Waals surface area contributed by atoms with Crippen molar-refractivity contribution in [2.75, 3.05) is 11.5 Å². The molecule has 2 aliphatic rings. The number of benzene rings is 1. The van der Waals surface area contributed by atoms with Gasteiger partial charge in [0.05, 0.1) is 17.1 Å². The number of thioether (sulfide) groups is 2. The summed E-state index contributed by atoms with van der Waals surface area (Å²) in [5.74, 6) is 2.91. The van der Waals surface area contributed by atoms with Crippen molar-refractivity contribution in [3.05, 3.63) is 29.3 Å². The number of hydrogen-bond donors (Lipinski definition) is 0. The molecule has 1 aromatic heterocycles. The van der Waals surface area contributed by atoms with Crippen LogP contribution >= 0.6 is 34.9 Å². The molecule has 0 unspecified atom stereocenters. The minimum absolute atomic E-state index is 0. The standard InChI is InChI=1S/C11H9N2S2.C7H13NS.Y/c1-7-6-14-10(12-7)11-13-8-4-2-3-5-9(8)15-11;1-5(2)7-8-6(3)4-9-7;/h2,4-5,7H,6H2,1H3;5-6H,4H2,1-3H3;/q-1;;/t7-;6-;/m00./s1. The first-order valence-corrected chi connectivity index (χ1v) is 11.0. The quantitative estimate of drug-likeness (QED) is 0.576. The van der Waals surface area contributed by atoms with Crippen molar-refractivity contribution < 1.29 is 32.7 Å². The van der Waals surface area contributed by atoms with E-state index in [2.05, 4.69) is 48.7 Å². The molecule has 0 amide bonds. The van der Waals surface area contributed by atoms with Gasteiger partial charge < -0.3 is 0 Å². The molecule has 0 bridgehead atoms. The Morgan fingerprint density at radius 3 is 2.36 bits per heavy atom. The third-order valence-corrected chi connectivity index (χ3v) is 7.43. The van der Waals surface area contributed by atoms with Gasteiger partial charge in [-0.1, -0.05) is 18.5 Å². The summed E-state index contributed by atoms with van der Waals surface area (Å²) >= 11 is 5.42. The summed E-state index contributed by atoms with van der Waals surface area (Å²) < 4.78 is 1.19. The van der Waals surface area contributed by atoms with Crippen LogP contribution in [0.15, 0.2) is 28.2 Å². The van der Waals surface area contributed by atoms with E-state index >= 15 is 0 Å². The van der Waals surface area contributed by atoms with Crippen molar-refractivity contribution in [3.8, 4) is 0 Å². The minimum atomic E-state index is 0. The number of aliphatic imine (C=N–C) groups is 2. The molecule has 1 aromatic carbocycles. The van der Waals surface area contributed by atoms with E-state index in [0.717, 1.165) is 21.3 Å². The number of rotatable bonds is 2. The van der Waals surface area contributed by atoms with Gasteiger partial charge in [-0.3, -0.25) is 15.0 Å². The molecule has 2 atom stereocenters. The normalized spacial score (nSPS) is 22.3. The van der Waals surface area contributed by atoms with Gasteiger partial charge in [0, 0.05) is 50.1 Å². The molecule has 25 heavy (non-hydrogen) atoms. The van der Waals surface area contributed by atoms with Crippen molar-refractivity contribution >= 4 is 55.2 Å². The topological polar surface area (TPSA) is 37.6 Å². The molecule has 131 valence electrons. The maximum atomic E-state index is 4.58. The number of thiazole rings is 1. The smallest absolute Gasteiger partial charge is 0.134 e. The van der Waals surface area contributed by atoms with Gasteiger partial charge in [-0.05, 0) is 19.4 Å². The van der Waals surface area contributed by atoms with E-state index in [1.807, 2.05) is 30.0 Å². The first kappa shape index (κ1) is 21.6. The first-order valence-electron chi connectivity index (χ1n) is 8.21. The number of fused-ring (bicyclic) bond motifs is 1. The summed E-state index contributed by atoms with van der Waals surface area (Å²) in [5, 5.41) is 3.49. The average Bonchev–Trinajstić information content (AvgIpc) is 3.26. The summed E-state index contributed by atoms with van der Waals surface area (Å²) in [5.41, 5.74) is 1.05. The van der Waals surface area contributed by atoms with Crippen LogP contribution in [0.2, 0.25) is 0 Å². The monoisotopic (exact) mass is 465 g/mol. The third kappa shape index (κ3) is 5.87. The van der Waals surface area contributed by atoms with Crippen LogP contribution in [0.5, 0.6) is 0 Å². The molecule has 0 saturated heterocycles. The average molecular weight is 466 g/mol. The summed E-state index contributed by atoms with van der Waals surface area (Å²) in [7, 11) is 0. The van der Waals surface area contributed by atoms with Crippen LogP contribution in [0.4, 0.5) is 0 Å². The first-order chi connectivity index (χ1) is 11.5. The molecule has 3 nitrogen and oxygen atoms in total. The molecule has 4 rings (SSSR count). The van der Waals surface area contributed by atoms with Crippen molar-refractivity contribution in [3.63, 3.8) is 0 Å². The molecular formula is C18H22N3S3Y-. The number of hydrogen-bond acceptors (Lipinski definition) is 6. The number of aromatic nitrogens is 1. The largest absolute Gasteiger partial charge is 0.279 e. The van der Waals surface area contributed by atoms with Crippen LogP contribution < -0.4 is 0 Å². The van der Waals surface area contributed by atoms with Gasteiger partial charge in [-0.2, -0.15) is 29.5 Å². The predicted octanol–water partition coefficient (Wildman–Crippen LogP) is 5.15. The van der Waals surface area contributed by atoms with Gasteiger partial charge in [0.2, 0.25) is 0 Å². The van der Waals surface area contributed by atoms with Gasteiger partial charge >= 0.3 is 0 Å². The molecule has 0 aliphatic carbocycles. The fourth-order valence-corrected chi connectivity index (χ4v) is 5.42. The van der Waals surface area contributed by atoms with E-state index in [4.69, 9.17) is 0 Å². The third-order valence-electron chi connectivity index (χ3n) is 3.53. The zero-order valence-electron chi connectivity index (χ0n) is 15.0. The van der Waals surface area contributed by atoms with Crippen molar-refractivity contribution in [2.45, 2.75) is 39.8 Å². The maximum Gasteiger partial charge on any atom is 0.134 e. The van der Waals surface area contributed by atoms with E-state index < -0.39 is 0 Å². The Labute approximate surface area is 187 Å². The second-order valence-electron chi connectivity index (χ2n) is 6.29. The van der Waals surface area contributed by atoms with Crippen molar-refractivity contribution in [2.24, 2.45) is 15.9 Å². The second-order valence-corrected chi connectivity index (χ2v) is 9.37. The molecule has 0 N–H and O–H groups in total. The molecule has 2 aromatic rings. The van der Waals surface area contributed by atoms with Crippen LogP contribution in [0.3, 0.4) is 0 Å². The van der Waals surface area contributed by atoms with Crippen LogP contribution in [0.1, 0.15) is 32.7 Å². The fourth-order valence-electron chi connectivity index (χ4n) is 2.31. The van der Waals surface area contributed by atoms with Crippen LogP contribution in [0.25, 0.3) is 10.2 Å². The Balaban J connectivity index is 0.000000196. The van der Waals surface area contributed by atoms with E-state index in [1.54, 1.807) is 23.1 Å². The van der Waals surface area contributed by atoms with Crippen molar-refractivity contribution in [1.82, 2.24) is 4.98 Å². The molecular weight excluding hydrogens is 443 g/mol. The summed E-state index contributed by atoms with van der Waals surface area (Å²) in [6.07, 6.45) is 0. The van der Waals surface area contributed by atoms with Gasteiger partial charge in [-0.15, -0.1) is 29.6 Å². The second kappa shape index (κ2) is 9.98. The van der Waals surface area contributed by atoms with E-state index in [9.17, 15) is 0 Å². The molecule has 3 heterocycles. The van der Waals surface area contributed by atoms with E-state index in [-0.39, 0.29) is 32.7 Å². The van der Waals surface area contributed by atoms with Crippen LogP contribution in [-0.4, -0.2) is 38.7 Å².